The van der Waals surface area contributed by atoms with Gasteiger partial charge >= 0.3 is 0 Å². The second-order valence-electron chi connectivity index (χ2n) is 4.28. The maximum absolute atomic E-state index is 8.68. The van der Waals surface area contributed by atoms with Crippen LogP contribution in [0.2, 0.25) is 0 Å². The minimum absolute atomic E-state index is 0.312. The molecule has 0 aliphatic heterocycles. The summed E-state index contributed by atoms with van der Waals surface area (Å²) in [4.78, 5) is 0. The Labute approximate surface area is 95.0 Å². The van der Waals surface area contributed by atoms with Crippen molar-refractivity contribution in [2.45, 2.75) is 70.8 Å². The lowest BCUT2D eigenvalue weighted by molar-refractivity contribution is 0.0819. The van der Waals surface area contributed by atoms with E-state index in [0.29, 0.717) is 12.7 Å². The van der Waals surface area contributed by atoms with E-state index in [9.17, 15) is 0 Å². The fraction of sp³-hybridized carbons (Fsp3) is 1.00. The van der Waals surface area contributed by atoms with Crippen LogP contribution in [0.25, 0.3) is 0 Å². The van der Waals surface area contributed by atoms with Gasteiger partial charge in [-0.1, -0.05) is 39.0 Å². The number of aliphatic hydroxyl groups is 1. The first-order valence-electron chi connectivity index (χ1n) is 6.48. The van der Waals surface area contributed by atoms with Gasteiger partial charge in [0.2, 0.25) is 0 Å². The molecule has 2 nitrogen and oxygen atoms in total. The number of unbranched alkanes of at least 4 members (excludes halogenated alkanes) is 5. The van der Waals surface area contributed by atoms with E-state index < -0.39 is 0 Å². The minimum atomic E-state index is 0.312. The van der Waals surface area contributed by atoms with Crippen molar-refractivity contribution in [1.82, 2.24) is 0 Å². The Kier molecular flexibility index (Phi) is 11.9. The summed E-state index contributed by atoms with van der Waals surface area (Å²) < 4.78 is 5.42. The summed E-state index contributed by atoms with van der Waals surface area (Å²) in [5.74, 6) is 0. The molecule has 0 aliphatic rings. The predicted octanol–water partition coefficient (Wildman–Crippen LogP) is 3.52. The van der Waals surface area contributed by atoms with Crippen LogP contribution in [-0.4, -0.2) is 24.9 Å². The van der Waals surface area contributed by atoms with Gasteiger partial charge in [-0.25, -0.2) is 0 Å². The van der Waals surface area contributed by atoms with Gasteiger partial charge in [0.25, 0.3) is 0 Å². The first kappa shape index (κ1) is 14.9. The molecule has 0 heterocycles. The molecule has 2 heteroatoms. The Morgan fingerprint density at radius 2 is 1.53 bits per heavy atom. The average molecular weight is 216 g/mol. The highest BCUT2D eigenvalue weighted by molar-refractivity contribution is 4.58. The van der Waals surface area contributed by atoms with Gasteiger partial charge < -0.3 is 9.84 Å². The van der Waals surface area contributed by atoms with E-state index in [2.05, 4.69) is 6.92 Å². The fourth-order valence-electron chi connectivity index (χ4n) is 1.84. The van der Waals surface area contributed by atoms with E-state index in [1.54, 1.807) is 7.11 Å². The third-order valence-electron chi connectivity index (χ3n) is 2.90. The smallest absolute Gasteiger partial charge is 0.0571 e. The molecule has 1 atom stereocenters. The van der Waals surface area contributed by atoms with Crippen molar-refractivity contribution in [3.8, 4) is 0 Å². The average Bonchev–Trinajstić information content (AvgIpc) is 2.26. The van der Waals surface area contributed by atoms with Gasteiger partial charge in [0.05, 0.1) is 6.10 Å². The molecule has 92 valence electrons. The normalized spacial score (nSPS) is 13.0. The van der Waals surface area contributed by atoms with Crippen LogP contribution in [0.1, 0.15) is 64.7 Å². The standard InChI is InChI=1S/C13H28O2/c1-3-4-5-6-7-10-13(15-2)11-8-9-12-14/h13-14H,3-12H2,1-2H3. The molecule has 0 aromatic carbocycles. The molecule has 0 rings (SSSR count). The molecule has 0 aromatic heterocycles. The van der Waals surface area contributed by atoms with Crippen molar-refractivity contribution in [1.29, 1.82) is 0 Å². The topological polar surface area (TPSA) is 29.5 Å². The van der Waals surface area contributed by atoms with Crippen LogP contribution >= 0.6 is 0 Å². The largest absolute Gasteiger partial charge is 0.396 e. The van der Waals surface area contributed by atoms with Gasteiger partial charge in [-0.15, -0.1) is 0 Å². The van der Waals surface area contributed by atoms with Crippen LogP contribution < -0.4 is 0 Å². The molecule has 0 amide bonds. The first-order valence-corrected chi connectivity index (χ1v) is 6.48. The van der Waals surface area contributed by atoms with E-state index in [0.717, 1.165) is 19.3 Å². The van der Waals surface area contributed by atoms with E-state index in [1.807, 2.05) is 0 Å². The molecule has 0 bridgehead atoms. The van der Waals surface area contributed by atoms with Crippen molar-refractivity contribution in [2.75, 3.05) is 13.7 Å². The monoisotopic (exact) mass is 216 g/mol. The summed E-state index contributed by atoms with van der Waals surface area (Å²) in [5.41, 5.74) is 0. The van der Waals surface area contributed by atoms with Gasteiger partial charge in [-0.05, 0) is 25.7 Å². The number of ether oxygens (including phenoxy) is 1. The zero-order valence-corrected chi connectivity index (χ0v) is 10.5. The Morgan fingerprint density at radius 3 is 2.07 bits per heavy atom. The number of hydrogen-bond acceptors (Lipinski definition) is 2. The quantitative estimate of drug-likeness (QED) is 0.535. The summed E-state index contributed by atoms with van der Waals surface area (Å²) in [6, 6.07) is 0. The SMILES string of the molecule is CCCCCCCC(CCCCO)OC. The van der Waals surface area contributed by atoms with Gasteiger partial charge in [0.15, 0.2) is 0 Å². The van der Waals surface area contributed by atoms with Crippen molar-refractivity contribution in [3.05, 3.63) is 0 Å². The molecule has 0 aromatic rings. The molecule has 1 unspecified atom stereocenters. The lowest BCUT2D eigenvalue weighted by atomic mass is 10.0. The van der Waals surface area contributed by atoms with Crippen LogP contribution in [0.4, 0.5) is 0 Å². The molecular formula is C13H28O2. The fourth-order valence-corrected chi connectivity index (χ4v) is 1.84. The summed E-state index contributed by atoms with van der Waals surface area (Å²) in [6.07, 6.45) is 11.4. The van der Waals surface area contributed by atoms with Crippen LogP contribution in [0.3, 0.4) is 0 Å². The molecule has 0 spiro atoms. The second-order valence-corrected chi connectivity index (χ2v) is 4.28. The highest BCUT2D eigenvalue weighted by Crippen LogP contribution is 2.13. The Balaban J connectivity index is 3.28. The zero-order chi connectivity index (χ0) is 11.4. The molecule has 15 heavy (non-hydrogen) atoms. The molecule has 1 N–H and O–H groups in total. The van der Waals surface area contributed by atoms with Crippen LogP contribution in [0, 0.1) is 0 Å². The van der Waals surface area contributed by atoms with Crippen molar-refractivity contribution in [3.63, 3.8) is 0 Å². The first-order chi connectivity index (χ1) is 7.35. The molecule has 0 radical (unpaired) electrons. The third-order valence-corrected chi connectivity index (χ3v) is 2.90. The number of hydrogen-bond donors (Lipinski definition) is 1. The molecule has 0 aliphatic carbocycles. The van der Waals surface area contributed by atoms with Crippen molar-refractivity contribution in [2.24, 2.45) is 0 Å². The zero-order valence-electron chi connectivity index (χ0n) is 10.5. The number of rotatable bonds is 11. The molecule has 0 saturated carbocycles. The summed E-state index contributed by atoms with van der Waals surface area (Å²) in [5, 5.41) is 8.68. The Bertz CT molecular complexity index is 115. The van der Waals surface area contributed by atoms with Crippen molar-refractivity contribution < 1.29 is 9.84 Å². The minimum Gasteiger partial charge on any atom is -0.396 e. The molecule has 0 fully saturated rings. The third kappa shape index (κ3) is 10.2. The van der Waals surface area contributed by atoms with Gasteiger partial charge in [0, 0.05) is 13.7 Å². The van der Waals surface area contributed by atoms with E-state index in [1.165, 1.54) is 38.5 Å². The lowest BCUT2D eigenvalue weighted by Crippen LogP contribution is -2.10. The van der Waals surface area contributed by atoms with E-state index in [4.69, 9.17) is 9.84 Å². The van der Waals surface area contributed by atoms with Crippen LogP contribution in [-0.2, 0) is 4.74 Å². The highest BCUT2D eigenvalue weighted by atomic mass is 16.5. The Hall–Kier alpha value is -0.0800. The highest BCUT2D eigenvalue weighted by Gasteiger charge is 2.06. The molecule has 0 saturated heterocycles. The summed E-state index contributed by atoms with van der Waals surface area (Å²) >= 11 is 0. The maximum Gasteiger partial charge on any atom is 0.0571 e. The summed E-state index contributed by atoms with van der Waals surface area (Å²) in [6.45, 7) is 2.56. The molecular weight excluding hydrogens is 188 g/mol. The predicted molar refractivity (Wildman–Crippen MR) is 65.1 cm³/mol. The van der Waals surface area contributed by atoms with E-state index in [-0.39, 0.29) is 0 Å². The maximum atomic E-state index is 8.68. The van der Waals surface area contributed by atoms with Gasteiger partial charge in [-0.3, -0.25) is 0 Å². The lowest BCUT2D eigenvalue weighted by Gasteiger charge is -2.14. The van der Waals surface area contributed by atoms with Crippen LogP contribution in [0.15, 0.2) is 0 Å². The number of methoxy groups -OCH3 is 1. The van der Waals surface area contributed by atoms with Crippen molar-refractivity contribution >= 4 is 0 Å². The second kappa shape index (κ2) is 12.0. The van der Waals surface area contributed by atoms with Crippen LogP contribution in [0.5, 0.6) is 0 Å². The van der Waals surface area contributed by atoms with E-state index >= 15 is 0 Å². The Morgan fingerprint density at radius 1 is 0.933 bits per heavy atom. The number of aliphatic hydroxyl groups excluding tert-OH is 1. The summed E-state index contributed by atoms with van der Waals surface area (Å²) in [7, 11) is 1.80. The van der Waals surface area contributed by atoms with Gasteiger partial charge in [0.1, 0.15) is 0 Å². The van der Waals surface area contributed by atoms with Gasteiger partial charge in [-0.2, -0.15) is 0 Å².